The topological polar surface area (TPSA) is 104 Å². The number of carbonyl (C=O) groups is 1. The van der Waals surface area contributed by atoms with Gasteiger partial charge in [0, 0.05) is 11.3 Å². The fourth-order valence-electron chi connectivity index (χ4n) is 2.89. The molecule has 1 amide bonds. The summed E-state index contributed by atoms with van der Waals surface area (Å²) in [5.41, 5.74) is 1.44. The van der Waals surface area contributed by atoms with E-state index < -0.39 is 0 Å². The van der Waals surface area contributed by atoms with Gasteiger partial charge in [-0.15, -0.1) is 10.2 Å². The lowest BCUT2D eigenvalue weighted by atomic mass is 10.2. The van der Waals surface area contributed by atoms with Gasteiger partial charge in [0.15, 0.2) is 5.82 Å². The summed E-state index contributed by atoms with van der Waals surface area (Å²) in [6, 6.07) is 24.0. The Kier molecular flexibility index (Phi) is 6.57. The fourth-order valence-corrected chi connectivity index (χ4v) is 3.55. The third kappa shape index (κ3) is 5.19. The summed E-state index contributed by atoms with van der Waals surface area (Å²) in [4.78, 5) is 12.4. The molecule has 0 bridgehead atoms. The van der Waals surface area contributed by atoms with Crippen LogP contribution in [0.15, 0.2) is 84.0 Å². The first-order valence-electron chi connectivity index (χ1n) is 9.73. The zero-order valence-corrected chi connectivity index (χ0v) is 18.1. The Morgan fingerprint density at radius 1 is 0.969 bits per heavy atom. The number of amides is 1. The zero-order valence-electron chi connectivity index (χ0n) is 17.3. The van der Waals surface area contributed by atoms with Gasteiger partial charge in [-0.2, -0.15) is 0 Å². The van der Waals surface area contributed by atoms with Gasteiger partial charge in [0.2, 0.25) is 11.1 Å². The third-order valence-electron chi connectivity index (χ3n) is 4.44. The highest BCUT2D eigenvalue weighted by atomic mass is 32.2. The van der Waals surface area contributed by atoms with E-state index in [2.05, 4.69) is 15.5 Å². The maximum absolute atomic E-state index is 12.4. The number of hydrogen-bond donors (Lipinski definition) is 2. The molecule has 32 heavy (non-hydrogen) atoms. The number of benzene rings is 3. The van der Waals surface area contributed by atoms with Crippen LogP contribution in [0.1, 0.15) is 0 Å². The van der Waals surface area contributed by atoms with Crippen molar-refractivity contribution in [1.82, 2.24) is 14.9 Å². The van der Waals surface area contributed by atoms with Crippen LogP contribution in [0.5, 0.6) is 17.2 Å². The van der Waals surface area contributed by atoms with Crippen LogP contribution in [0.25, 0.3) is 11.4 Å². The molecule has 0 unspecified atom stereocenters. The number of thioether (sulfide) groups is 1. The van der Waals surface area contributed by atoms with Crippen LogP contribution in [0.2, 0.25) is 0 Å². The van der Waals surface area contributed by atoms with Crippen molar-refractivity contribution in [2.75, 3.05) is 24.0 Å². The summed E-state index contributed by atoms with van der Waals surface area (Å²) in [5, 5.41) is 11.5. The van der Waals surface area contributed by atoms with Crippen molar-refractivity contribution in [1.29, 1.82) is 0 Å². The van der Waals surface area contributed by atoms with Crippen molar-refractivity contribution in [3.05, 3.63) is 78.9 Å². The van der Waals surface area contributed by atoms with Gasteiger partial charge in [0.25, 0.3) is 0 Å². The number of nitrogens with zero attached hydrogens (tertiary/aromatic N) is 3. The highest BCUT2D eigenvalue weighted by Gasteiger charge is 2.14. The Labute approximate surface area is 189 Å². The van der Waals surface area contributed by atoms with Crippen LogP contribution in [-0.2, 0) is 4.79 Å². The lowest BCUT2D eigenvalue weighted by molar-refractivity contribution is -0.113. The maximum atomic E-state index is 12.4. The number of nitrogens with two attached hydrogens (primary N) is 1. The summed E-state index contributed by atoms with van der Waals surface area (Å²) in [6.45, 7) is 0. The van der Waals surface area contributed by atoms with E-state index in [1.807, 2.05) is 54.6 Å². The Bertz CT molecular complexity index is 1200. The first-order chi connectivity index (χ1) is 15.6. The number of carbonyl (C=O) groups excluding carboxylic acids is 1. The number of ether oxygens (including phenoxy) is 2. The molecule has 4 aromatic rings. The van der Waals surface area contributed by atoms with Gasteiger partial charge in [0.05, 0.1) is 12.9 Å². The number of aromatic nitrogens is 3. The third-order valence-corrected chi connectivity index (χ3v) is 5.38. The average Bonchev–Trinajstić information content (AvgIpc) is 3.20. The predicted octanol–water partition coefficient (Wildman–Crippen LogP) is 4.19. The van der Waals surface area contributed by atoms with Crippen molar-refractivity contribution >= 4 is 23.4 Å². The minimum Gasteiger partial charge on any atom is -0.497 e. The molecule has 4 rings (SSSR count). The summed E-state index contributed by atoms with van der Waals surface area (Å²) < 4.78 is 12.3. The van der Waals surface area contributed by atoms with Crippen molar-refractivity contribution in [3.8, 4) is 28.6 Å². The molecule has 3 aromatic carbocycles. The van der Waals surface area contributed by atoms with Gasteiger partial charge < -0.3 is 20.6 Å². The molecule has 0 atom stereocenters. The number of nitrogens with one attached hydrogen (secondary N) is 1. The zero-order chi connectivity index (χ0) is 22.3. The number of methoxy groups -OCH3 is 1. The second-order valence-corrected chi connectivity index (χ2v) is 7.63. The summed E-state index contributed by atoms with van der Waals surface area (Å²) in [5.74, 6) is 8.70. The molecule has 0 aliphatic heterocycles. The normalized spacial score (nSPS) is 10.5. The molecular formula is C23H21N5O3S. The summed E-state index contributed by atoms with van der Waals surface area (Å²) in [7, 11) is 1.59. The van der Waals surface area contributed by atoms with Gasteiger partial charge >= 0.3 is 0 Å². The molecule has 0 aliphatic carbocycles. The largest absolute Gasteiger partial charge is 0.497 e. The number of hydrogen-bond acceptors (Lipinski definition) is 7. The maximum Gasteiger partial charge on any atom is 0.234 e. The number of para-hydroxylation sites is 1. The monoisotopic (exact) mass is 447 g/mol. The predicted molar refractivity (Wildman–Crippen MR) is 124 cm³/mol. The van der Waals surface area contributed by atoms with E-state index in [0.29, 0.717) is 28.2 Å². The van der Waals surface area contributed by atoms with E-state index in [9.17, 15) is 4.79 Å². The number of nitrogen functional groups attached to an aromatic ring is 1. The van der Waals surface area contributed by atoms with Crippen LogP contribution in [0.3, 0.4) is 0 Å². The molecule has 0 fully saturated rings. The van der Waals surface area contributed by atoms with Gasteiger partial charge in [-0.1, -0.05) is 42.1 Å². The number of rotatable bonds is 8. The highest BCUT2D eigenvalue weighted by Crippen LogP contribution is 2.25. The lowest BCUT2D eigenvalue weighted by Gasteiger charge is -2.08. The van der Waals surface area contributed by atoms with E-state index >= 15 is 0 Å². The number of anilines is 1. The van der Waals surface area contributed by atoms with E-state index in [1.54, 1.807) is 31.4 Å². The first kappa shape index (κ1) is 21.3. The van der Waals surface area contributed by atoms with Crippen LogP contribution in [0, 0.1) is 0 Å². The quantitative estimate of drug-likeness (QED) is 0.308. The van der Waals surface area contributed by atoms with Crippen molar-refractivity contribution in [3.63, 3.8) is 0 Å². The lowest BCUT2D eigenvalue weighted by Crippen LogP contribution is -2.16. The minimum absolute atomic E-state index is 0.135. The Hall–Kier alpha value is -3.98. The summed E-state index contributed by atoms with van der Waals surface area (Å²) >= 11 is 1.20. The second kappa shape index (κ2) is 9.88. The van der Waals surface area contributed by atoms with Gasteiger partial charge in [0.1, 0.15) is 17.2 Å². The van der Waals surface area contributed by atoms with Crippen molar-refractivity contribution in [2.24, 2.45) is 0 Å². The van der Waals surface area contributed by atoms with Crippen LogP contribution in [0.4, 0.5) is 5.69 Å². The first-order valence-corrected chi connectivity index (χ1v) is 10.7. The molecule has 0 aliphatic rings. The van der Waals surface area contributed by atoms with E-state index in [1.165, 1.54) is 16.4 Å². The summed E-state index contributed by atoms with van der Waals surface area (Å²) in [6.07, 6.45) is 0. The van der Waals surface area contributed by atoms with Gasteiger partial charge in [-0.05, 0) is 48.5 Å². The minimum atomic E-state index is -0.183. The molecule has 9 heteroatoms. The molecule has 3 N–H and O–H groups in total. The Morgan fingerprint density at radius 3 is 2.44 bits per heavy atom. The van der Waals surface area contributed by atoms with Crippen LogP contribution in [-0.4, -0.2) is 33.6 Å². The van der Waals surface area contributed by atoms with E-state index in [4.69, 9.17) is 15.3 Å². The second-order valence-electron chi connectivity index (χ2n) is 6.68. The average molecular weight is 448 g/mol. The standard InChI is InChI=1S/C23H21N5O3S/c1-30-20-9-5-6-16(14-20)22-26-27-23(28(22)24)32-15-21(29)25-17-10-12-19(13-11-17)31-18-7-3-2-4-8-18/h2-14H,15,24H2,1H3,(H,25,29). The molecule has 162 valence electrons. The van der Waals surface area contributed by atoms with E-state index in [0.717, 1.165) is 11.3 Å². The highest BCUT2D eigenvalue weighted by molar-refractivity contribution is 7.99. The molecule has 0 spiro atoms. The molecule has 0 saturated carbocycles. The fraction of sp³-hybridized carbons (Fsp3) is 0.0870. The smallest absolute Gasteiger partial charge is 0.234 e. The molecular weight excluding hydrogens is 426 g/mol. The van der Waals surface area contributed by atoms with E-state index in [-0.39, 0.29) is 11.7 Å². The van der Waals surface area contributed by atoms with Gasteiger partial charge in [-0.25, -0.2) is 4.68 Å². The van der Waals surface area contributed by atoms with Crippen molar-refractivity contribution < 1.29 is 14.3 Å². The SMILES string of the molecule is COc1cccc(-c2nnc(SCC(=O)Nc3ccc(Oc4ccccc4)cc3)n2N)c1. The Balaban J connectivity index is 1.33. The molecule has 0 saturated heterocycles. The molecule has 0 radical (unpaired) electrons. The molecule has 1 aromatic heterocycles. The van der Waals surface area contributed by atoms with Crippen LogP contribution >= 0.6 is 11.8 Å². The van der Waals surface area contributed by atoms with Crippen molar-refractivity contribution in [2.45, 2.75) is 5.16 Å². The molecule has 1 heterocycles. The van der Waals surface area contributed by atoms with Gasteiger partial charge in [-0.3, -0.25) is 4.79 Å². The molecule has 8 nitrogen and oxygen atoms in total. The Morgan fingerprint density at radius 2 is 1.69 bits per heavy atom. The van der Waals surface area contributed by atoms with Crippen LogP contribution < -0.4 is 20.6 Å².